The Bertz CT molecular complexity index is 1590. The second-order valence-corrected chi connectivity index (χ2v) is 11.6. The van der Waals surface area contributed by atoms with E-state index >= 15 is 0 Å². The summed E-state index contributed by atoms with van der Waals surface area (Å²) in [7, 11) is 1.57. The fraction of sp³-hybridized carbons (Fsp3) is 0.343. The number of anilines is 2. The number of hydrogen-bond acceptors (Lipinski definition) is 7. The Hall–Kier alpha value is -4.77. The molecule has 3 aromatic carbocycles. The van der Waals surface area contributed by atoms with Gasteiger partial charge in [0, 0.05) is 48.3 Å². The standard InChI is InChI=1S/C23H23FN2O5.C7H6FNO.C5H10/c1-28-22-11-17-19(12-23(22)30-13-15-5-8-29-9-6-15)25-7-4-20(17)31-21-3-2-16(26-14-27)10-18(21)24;8-6-1-3-7(4-2-6)9-5-10;1-5(2)3-4-5/h2-4,7,10-12,14-15H,5-6,8-9,13H2,1H3,(H,26,27);1-5H,(H,9,10);3-4H2,1-2H3. The van der Waals surface area contributed by atoms with Gasteiger partial charge >= 0.3 is 0 Å². The minimum atomic E-state index is -0.597. The highest BCUT2D eigenvalue weighted by Gasteiger charge is 2.30. The summed E-state index contributed by atoms with van der Waals surface area (Å²) in [5.41, 5.74) is 2.32. The smallest absolute Gasteiger partial charge is 0.211 e. The Morgan fingerprint density at radius 2 is 1.52 bits per heavy atom. The molecule has 0 atom stereocenters. The van der Waals surface area contributed by atoms with Gasteiger partial charge in [0.05, 0.1) is 19.2 Å². The molecule has 2 N–H and O–H groups in total. The number of halogens is 2. The molecule has 2 amide bonds. The molecule has 0 unspecified atom stereocenters. The highest BCUT2D eigenvalue weighted by atomic mass is 19.1. The molecular weight excluding hydrogens is 596 g/mol. The topological polar surface area (TPSA) is 108 Å². The summed E-state index contributed by atoms with van der Waals surface area (Å²) in [6, 6.07) is 15.0. The molecule has 2 heterocycles. The van der Waals surface area contributed by atoms with Crippen LogP contribution in [0.1, 0.15) is 39.5 Å². The van der Waals surface area contributed by atoms with Gasteiger partial charge < -0.3 is 29.6 Å². The molecule has 1 saturated heterocycles. The van der Waals surface area contributed by atoms with Crippen LogP contribution in [0.5, 0.6) is 23.0 Å². The molecule has 1 aromatic heterocycles. The lowest BCUT2D eigenvalue weighted by Crippen LogP contribution is -2.21. The molecule has 2 fully saturated rings. The number of ether oxygens (including phenoxy) is 4. The van der Waals surface area contributed by atoms with Crippen LogP contribution in [0.4, 0.5) is 20.2 Å². The molecule has 4 aromatic rings. The van der Waals surface area contributed by atoms with Gasteiger partial charge in [-0.3, -0.25) is 14.6 Å². The molecule has 0 radical (unpaired) electrons. The first-order valence-electron chi connectivity index (χ1n) is 15.0. The summed E-state index contributed by atoms with van der Waals surface area (Å²) >= 11 is 0. The minimum absolute atomic E-state index is 0.0303. The van der Waals surface area contributed by atoms with Crippen LogP contribution < -0.4 is 24.8 Å². The van der Waals surface area contributed by atoms with Crippen LogP contribution in [0.3, 0.4) is 0 Å². The van der Waals surface area contributed by atoms with Gasteiger partial charge in [0.1, 0.15) is 11.6 Å². The normalized spacial score (nSPS) is 14.8. The maximum Gasteiger partial charge on any atom is 0.211 e. The summed E-state index contributed by atoms with van der Waals surface area (Å²) in [5.74, 6) is 1.13. The number of benzene rings is 3. The summed E-state index contributed by atoms with van der Waals surface area (Å²) in [5, 5.41) is 5.45. The predicted molar refractivity (Wildman–Crippen MR) is 173 cm³/mol. The first kappa shape index (κ1) is 34.1. The van der Waals surface area contributed by atoms with Crippen LogP contribution in [0.2, 0.25) is 0 Å². The predicted octanol–water partition coefficient (Wildman–Crippen LogP) is 7.75. The van der Waals surface area contributed by atoms with E-state index in [9.17, 15) is 18.4 Å². The van der Waals surface area contributed by atoms with Crippen LogP contribution in [0, 0.1) is 23.0 Å². The molecule has 1 saturated carbocycles. The molecular formula is C35H39F2N3O6. The van der Waals surface area contributed by atoms with Gasteiger partial charge in [-0.25, -0.2) is 8.78 Å². The lowest BCUT2D eigenvalue weighted by atomic mass is 10.0. The maximum atomic E-state index is 14.4. The van der Waals surface area contributed by atoms with Crippen molar-refractivity contribution in [1.82, 2.24) is 4.98 Å². The van der Waals surface area contributed by atoms with Crippen molar-refractivity contribution in [2.24, 2.45) is 11.3 Å². The first-order valence-corrected chi connectivity index (χ1v) is 15.0. The van der Waals surface area contributed by atoms with Crippen LogP contribution in [-0.2, 0) is 14.3 Å². The number of aromatic nitrogens is 1. The molecule has 0 spiro atoms. The molecule has 1 aliphatic heterocycles. The molecule has 6 rings (SSSR count). The van der Waals surface area contributed by atoms with E-state index in [-0.39, 0.29) is 11.6 Å². The van der Waals surface area contributed by atoms with Gasteiger partial charge in [-0.1, -0.05) is 13.8 Å². The lowest BCUT2D eigenvalue weighted by molar-refractivity contribution is -0.106. The van der Waals surface area contributed by atoms with Crippen molar-refractivity contribution in [2.75, 3.05) is 37.6 Å². The Labute approximate surface area is 267 Å². The average Bonchev–Trinajstić information content (AvgIpc) is 3.77. The Morgan fingerprint density at radius 3 is 2.13 bits per heavy atom. The van der Waals surface area contributed by atoms with E-state index in [2.05, 4.69) is 29.5 Å². The van der Waals surface area contributed by atoms with Crippen LogP contribution >= 0.6 is 0 Å². The highest BCUT2D eigenvalue weighted by molar-refractivity contribution is 5.88. The van der Waals surface area contributed by atoms with Crippen molar-refractivity contribution in [2.45, 2.75) is 39.5 Å². The molecule has 11 heteroatoms. The van der Waals surface area contributed by atoms with E-state index in [4.69, 9.17) is 18.9 Å². The largest absolute Gasteiger partial charge is 0.493 e. The zero-order chi connectivity index (χ0) is 32.9. The third-order valence-corrected chi connectivity index (χ3v) is 7.50. The number of nitrogens with zero attached hydrogens (tertiary/aromatic N) is 1. The van der Waals surface area contributed by atoms with Crippen molar-refractivity contribution >= 4 is 35.1 Å². The number of pyridine rings is 1. The van der Waals surface area contributed by atoms with E-state index in [1.54, 1.807) is 37.6 Å². The summed E-state index contributed by atoms with van der Waals surface area (Å²) < 4.78 is 49.4. The van der Waals surface area contributed by atoms with Gasteiger partial charge in [-0.2, -0.15) is 0 Å². The maximum absolute atomic E-state index is 14.4. The Kier molecular flexibility index (Phi) is 12.2. The number of amides is 2. The van der Waals surface area contributed by atoms with Gasteiger partial charge in [0.25, 0.3) is 0 Å². The van der Waals surface area contributed by atoms with E-state index in [1.807, 2.05) is 0 Å². The molecule has 244 valence electrons. The first-order chi connectivity index (χ1) is 22.2. The van der Waals surface area contributed by atoms with Crippen molar-refractivity contribution < 1.29 is 37.3 Å². The molecule has 46 heavy (non-hydrogen) atoms. The third-order valence-electron chi connectivity index (χ3n) is 7.50. The van der Waals surface area contributed by atoms with Gasteiger partial charge in [-0.15, -0.1) is 0 Å². The quantitative estimate of drug-likeness (QED) is 0.172. The third kappa shape index (κ3) is 10.4. The Morgan fingerprint density at radius 1 is 0.870 bits per heavy atom. The van der Waals surface area contributed by atoms with E-state index < -0.39 is 5.82 Å². The monoisotopic (exact) mass is 635 g/mol. The van der Waals surface area contributed by atoms with E-state index in [1.165, 1.54) is 49.2 Å². The summed E-state index contributed by atoms with van der Waals surface area (Å²) in [4.78, 5) is 24.8. The molecule has 0 bridgehead atoms. The van der Waals surface area contributed by atoms with Crippen molar-refractivity contribution in [3.63, 3.8) is 0 Å². The number of nitrogens with one attached hydrogen (secondary N) is 2. The zero-order valence-electron chi connectivity index (χ0n) is 26.2. The SMILES string of the molecule is CC1(C)CC1.COc1cc2c(Oc3ccc(NC=O)cc3F)ccnc2cc1OCC1CCOCC1.O=CNc1ccc(F)cc1. The number of hydrogen-bond donors (Lipinski definition) is 2. The fourth-order valence-electron chi connectivity index (χ4n) is 4.33. The van der Waals surface area contributed by atoms with E-state index in [0.29, 0.717) is 64.9 Å². The summed E-state index contributed by atoms with van der Waals surface area (Å²) in [6.45, 7) is 6.69. The van der Waals surface area contributed by atoms with Crippen LogP contribution in [0.25, 0.3) is 10.9 Å². The van der Waals surface area contributed by atoms with Crippen LogP contribution in [-0.4, -0.2) is 44.7 Å². The Balaban J connectivity index is 0.000000261. The molecule has 9 nitrogen and oxygen atoms in total. The lowest BCUT2D eigenvalue weighted by Gasteiger charge is -2.22. The van der Waals surface area contributed by atoms with Gasteiger partial charge in [0.15, 0.2) is 23.1 Å². The number of methoxy groups -OCH3 is 1. The average molecular weight is 636 g/mol. The number of fused-ring (bicyclic) bond motifs is 1. The second-order valence-electron chi connectivity index (χ2n) is 11.6. The fourth-order valence-corrected chi connectivity index (χ4v) is 4.33. The van der Waals surface area contributed by atoms with Crippen molar-refractivity contribution in [1.29, 1.82) is 0 Å². The van der Waals surface area contributed by atoms with E-state index in [0.717, 1.165) is 31.5 Å². The number of carbonyl (C=O) groups is 2. The highest BCUT2D eigenvalue weighted by Crippen LogP contribution is 2.43. The van der Waals surface area contributed by atoms with Crippen molar-refractivity contribution in [3.8, 4) is 23.0 Å². The summed E-state index contributed by atoms with van der Waals surface area (Å²) in [6.07, 6.45) is 7.47. The number of rotatable bonds is 10. The zero-order valence-corrected chi connectivity index (χ0v) is 26.2. The molecule has 1 aliphatic carbocycles. The van der Waals surface area contributed by atoms with Gasteiger partial charge in [0.2, 0.25) is 12.8 Å². The van der Waals surface area contributed by atoms with Crippen molar-refractivity contribution in [3.05, 3.63) is 78.5 Å². The molecule has 2 aliphatic rings. The van der Waals surface area contributed by atoms with Gasteiger partial charge in [-0.05, 0) is 85.5 Å². The second kappa shape index (κ2) is 16.5. The number of carbonyl (C=O) groups excluding carboxylic acids is 2. The van der Waals surface area contributed by atoms with Crippen LogP contribution in [0.15, 0.2) is 66.9 Å². The minimum Gasteiger partial charge on any atom is -0.493 e.